The fourth-order valence-corrected chi connectivity index (χ4v) is 3.00. The molecule has 2 aromatic rings. The van der Waals surface area contributed by atoms with E-state index in [0.29, 0.717) is 0 Å². The summed E-state index contributed by atoms with van der Waals surface area (Å²) < 4.78 is 86.9. The Morgan fingerprint density at radius 2 is 2.23 bits per heavy atom. The van der Waals surface area contributed by atoms with E-state index in [1.807, 2.05) is 0 Å². The lowest BCUT2D eigenvalue weighted by Crippen LogP contribution is -2.45. The molecule has 0 aliphatic carbocycles. The Morgan fingerprint density at radius 1 is 1.43 bits per heavy atom. The minimum Gasteiger partial charge on any atom is -0.385 e. The van der Waals surface area contributed by atoms with Crippen LogP contribution >= 0.6 is 0 Å². The maximum atomic E-state index is 14.5. The monoisotopic (exact) mass is 429 g/mol. The summed E-state index contributed by atoms with van der Waals surface area (Å²) in [4.78, 5) is 20.1. The van der Waals surface area contributed by atoms with E-state index in [-0.39, 0.29) is 29.4 Å². The van der Waals surface area contributed by atoms with Crippen LogP contribution in [0.1, 0.15) is 25.7 Å². The van der Waals surface area contributed by atoms with Crippen LogP contribution in [0.5, 0.6) is 0 Å². The lowest BCUT2D eigenvalue weighted by Gasteiger charge is -2.33. The van der Waals surface area contributed by atoms with Gasteiger partial charge in [-0.1, -0.05) is 0 Å². The molecule has 3 rings (SSSR count). The number of pyridine rings is 1. The second-order valence-electron chi connectivity index (χ2n) is 6.42. The van der Waals surface area contributed by atoms with Crippen molar-refractivity contribution >= 4 is 17.4 Å². The Morgan fingerprint density at radius 3 is 2.93 bits per heavy atom. The van der Waals surface area contributed by atoms with Crippen molar-refractivity contribution in [3.8, 4) is 0 Å². The van der Waals surface area contributed by atoms with Crippen LogP contribution in [0, 0.1) is 11.6 Å². The number of carbonyl (C=O) groups excluding carboxylic acids is 1. The van der Waals surface area contributed by atoms with Gasteiger partial charge in [0.05, 0.1) is 23.5 Å². The molecule has 0 spiro atoms. The molecule has 1 aliphatic heterocycles. The van der Waals surface area contributed by atoms with Crippen molar-refractivity contribution in [2.45, 2.75) is 18.6 Å². The molecule has 1 aromatic heterocycles. The predicted molar refractivity (Wildman–Crippen MR) is 99.4 cm³/mol. The molecule has 0 saturated carbocycles. The summed E-state index contributed by atoms with van der Waals surface area (Å²) in [6, 6.07) is 3.78. The minimum atomic E-state index is -3.18. The van der Waals surface area contributed by atoms with E-state index in [4.69, 9.17) is 14.6 Å². The molecule has 30 heavy (non-hydrogen) atoms. The van der Waals surface area contributed by atoms with Gasteiger partial charge < -0.3 is 20.5 Å². The minimum absolute atomic E-state index is 0.107. The van der Waals surface area contributed by atoms with Crippen LogP contribution in [0.15, 0.2) is 35.5 Å². The molecule has 7 nitrogen and oxygen atoms in total. The molecule has 3 N–H and O–H groups in total. The van der Waals surface area contributed by atoms with Crippen LogP contribution in [0.4, 0.5) is 23.2 Å². The van der Waals surface area contributed by atoms with Crippen LogP contribution < -0.4 is 11.1 Å². The molecule has 1 atom stereocenters. The number of nitrogens with zero attached hydrogens (tertiary/aromatic N) is 2. The van der Waals surface area contributed by atoms with Gasteiger partial charge in [0.1, 0.15) is 29.8 Å². The number of ether oxygens (including phenoxy) is 2. The van der Waals surface area contributed by atoms with Crippen LogP contribution in [0.3, 0.4) is 0 Å². The highest BCUT2D eigenvalue weighted by Gasteiger charge is 2.46. The summed E-state index contributed by atoms with van der Waals surface area (Å²) in [6.07, 6.45) is -2.45. The number of halogens is 4. The van der Waals surface area contributed by atoms with E-state index in [2.05, 4.69) is 20.0 Å². The van der Waals surface area contributed by atoms with Gasteiger partial charge in [0.25, 0.3) is 12.3 Å². The number of alkyl halides is 2. The third-order valence-corrected chi connectivity index (χ3v) is 4.34. The maximum absolute atomic E-state index is 14.5. The van der Waals surface area contributed by atoms with E-state index in [0.717, 1.165) is 30.5 Å². The molecule has 2 heterocycles. The normalized spacial score (nSPS) is 20.8. The third kappa shape index (κ3) is 4.26. The molecule has 1 aromatic carbocycles. The van der Waals surface area contributed by atoms with Gasteiger partial charge in [-0.25, -0.2) is 22.5 Å². The van der Waals surface area contributed by atoms with Crippen molar-refractivity contribution < 1.29 is 35.9 Å². The quantitative estimate of drug-likeness (QED) is 0.688. The SMILES string of the molecule is [2H]C([2H])([2H])OCc1cc(F)cnc1C(=O)Nc1ccc(F)c(C2(C(F)F)COCC(N)=N2)c1. The van der Waals surface area contributed by atoms with Gasteiger partial charge in [0.2, 0.25) is 0 Å². The first-order chi connectivity index (χ1) is 15.4. The van der Waals surface area contributed by atoms with Gasteiger partial charge in [-0.15, -0.1) is 0 Å². The molecule has 1 unspecified atom stereocenters. The summed E-state index contributed by atoms with van der Waals surface area (Å²) >= 11 is 0. The maximum Gasteiger partial charge on any atom is 0.274 e. The van der Waals surface area contributed by atoms with Crippen molar-refractivity contribution in [3.05, 3.63) is 58.9 Å². The molecule has 0 bridgehead atoms. The molecule has 160 valence electrons. The number of aromatic nitrogens is 1. The number of methoxy groups -OCH3 is 1. The number of aliphatic imine (C=N–C) groups is 1. The topological polar surface area (TPSA) is 98.8 Å². The molecule has 1 amide bonds. The van der Waals surface area contributed by atoms with Crippen LogP contribution in [0.2, 0.25) is 0 Å². The first kappa shape index (κ1) is 17.8. The van der Waals surface area contributed by atoms with Gasteiger partial charge >= 0.3 is 0 Å². The Hall–Kier alpha value is -3.05. The number of anilines is 1. The number of benzene rings is 1. The molecule has 1 aliphatic rings. The zero-order valence-electron chi connectivity index (χ0n) is 18.3. The zero-order valence-corrected chi connectivity index (χ0v) is 15.3. The fraction of sp³-hybridized carbons (Fsp3) is 0.316. The van der Waals surface area contributed by atoms with Gasteiger partial charge in [-0.05, 0) is 24.3 Å². The van der Waals surface area contributed by atoms with Gasteiger partial charge in [0, 0.05) is 23.9 Å². The number of amides is 1. The lowest BCUT2D eigenvalue weighted by molar-refractivity contribution is -0.0145. The highest BCUT2D eigenvalue weighted by Crippen LogP contribution is 2.38. The number of amidine groups is 1. The second kappa shape index (κ2) is 8.76. The van der Waals surface area contributed by atoms with Crippen LogP contribution in [-0.4, -0.2) is 43.4 Å². The van der Waals surface area contributed by atoms with Gasteiger partial charge in [0.15, 0.2) is 5.54 Å². The van der Waals surface area contributed by atoms with Crippen molar-refractivity contribution in [1.82, 2.24) is 4.98 Å². The number of nitrogens with two attached hydrogens (primary N) is 1. The standard InChI is InChI=1S/C19H18F4N4O3/c1-29-7-10-4-11(20)6-25-16(10)17(28)26-12-2-3-14(21)13(5-12)19(18(22)23)9-30-8-15(24)27-19/h2-6,18H,7-9H2,1H3,(H2,24,27)(H,26,28)/i1D3. The number of nitrogens with one attached hydrogen (secondary N) is 1. The third-order valence-electron chi connectivity index (χ3n) is 4.34. The Labute approximate surface area is 173 Å². The van der Waals surface area contributed by atoms with Crippen LogP contribution in [-0.2, 0) is 21.6 Å². The van der Waals surface area contributed by atoms with Crippen molar-refractivity contribution in [2.75, 3.05) is 25.6 Å². The Kier molecular flexibility index (Phi) is 5.19. The summed E-state index contributed by atoms with van der Waals surface area (Å²) in [5.74, 6) is -3.05. The molecule has 0 radical (unpaired) electrons. The molecular formula is C19H18F4N4O3. The number of hydrogen-bond donors (Lipinski definition) is 2. The first-order valence-corrected chi connectivity index (χ1v) is 8.51. The average Bonchev–Trinajstić information content (AvgIpc) is 2.72. The first-order valence-electron chi connectivity index (χ1n) is 10.0. The second-order valence-corrected chi connectivity index (χ2v) is 6.42. The summed E-state index contributed by atoms with van der Waals surface area (Å²) in [5, 5.41) is 2.34. The largest absolute Gasteiger partial charge is 0.385 e. The van der Waals surface area contributed by atoms with E-state index in [1.54, 1.807) is 0 Å². The molecule has 0 fully saturated rings. The Bertz CT molecular complexity index is 1080. The smallest absolute Gasteiger partial charge is 0.274 e. The summed E-state index contributed by atoms with van der Waals surface area (Å²) in [7, 11) is -2.81. The van der Waals surface area contributed by atoms with E-state index < -0.39 is 55.3 Å². The molecule has 11 heteroatoms. The van der Waals surface area contributed by atoms with E-state index in [9.17, 15) is 22.4 Å². The van der Waals surface area contributed by atoms with Gasteiger partial charge in [-0.3, -0.25) is 9.79 Å². The number of carbonyl (C=O) groups is 1. The highest BCUT2D eigenvalue weighted by atomic mass is 19.3. The average molecular weight is 429 g/mol. The Balaban J connectivity index is 1.93. The fourth-order valence-electron chi connectivity index (χ4n) is 3.00. The highest BCUT2D eigenvalue weighted by molar-refractivity contribution is 6.03. The number of hydrogen-bond acceptors (Lipinski definition) is 6. The predicted octanol–water partition coefficient (Wildman–Crippen LogP) is 2.61. The van der Waals surface area contributed by atoms with E-state index in [1.165, 1.54) is 0 Å². The van der Waals surface area contributed by atoms with Crippen LogP contribution in [0.25, 0.3) is 0 Å². The van der Waals surface area contributed by atoms with Gasteiger partial charge in [-0.2, -0.15) is 0 Å². The van der Waals surface area contributed by atoms with Crippen molar-refractivity contribution in [3.63, 3.8) is 0 Å². The van der Waals surface area contributed by atoms with E-state index >= 15 is 0 Å². The molecular weight excluding hydrogens is 408 g/mol. The summed E-state index contributed by atoms with van der Waals surface area (Å²) in [6.45, 7) is -1.49. The lowest BCUT2D eigenvalue weighted by atomic mass is 9.90. The summed E-state index contributed by atoms with van der Waals surface area (Å²) in [5.41, 5.74) is 1.89. The number of rotatable bonds is 6. The van der Waals surface area contributed by atoms with Crippen molar-refractivity contribution in [2.24, 2.45) is 10.7 Å². The van der Waals surface area contributed by atoms with Crippen molar-refractivity contribution in [1.29, 1.82) is 0 Å². The molecule has 0 saturated heterocycles. The zero-order chi connectivity index (χ0) is 24.4.